The number of carbonyl (C=O) groups is 2. The van der Waals surface area contributed by atoms with Crippen LogP contribution < -0.4 is 0 Å². The summed E-state index contributed by atoms with van der Waals surface area (Å²) in [5.41, 5.74) is 0.662. The van der Waals surface area contributed by atoms with Crippen LogP contribution >= 0.6 is 11.8 Å². The minimum absolute atomic E-state index is 0.0656. The average molecular weight is 239 g/mol. The first-order valence-corrected chi connectivity index (χ1v) is 5.51. The van der Waals surface area contributed by atoms with E-state index >= 15 is 0 Å². The molecule has 0 saturated heterocycles. The lowest BCUT2D eigenvalue weighted by molar-refractivity contribution is -0.136. The van der Waals surface area contributed by atoms with Crippen LogP contribution in [0.1, 0.15) is 5.56 Å². The van der Waals surface area contributed by atoms with Gasteiger partial charge in [0.05, 0.1) is 6.42 Å². The number of hydrogen-bond acceptors (Lipinski definition) is 3. The molecule has 0 aliphatic carbocycles. The molecule has 1 aromatic rings. The Kier molecular flexibility index (Phi) is 4.37. The third-order valence-electron chi connectivity index (χ3n) is 1.88. The van der Waals surface area contributed by atoms with E-state index in [1.54, 1.807) is 38.4 Å². The van der Waals surface area contributed by atoms with E-state index in [2.05, 4.69) is 0 Å². The number of carboxylic acids is 1. The van der Waals surface area contributed by atoms with E-state index in [-0.39, 0.29) is 11.7 Å². The molecule has 0 saturated carbocycles. The summed E-state index contributed by atoms with van der Waals surface area (Å²) in [5, 5.41) is 8.62. The summed E-state index contributed by atoms with van der Waals surface area (Å²) in [5.74, 6) is -0.898. The zero-order valence-corrected chi connectivity index (χ0v) is 9.95. The van der Waals surface area contributed by atoms with E-state index in [0.29, 0.717) is 10.5 Å². The third-order valence-corrected chi connectivity index (χ3v) is 3.03. The Morgan fingerprint density at radius 3 is 2.50 bits per heavy atom. The van der Waals surface area contributed by atoms with Crippen LogP contribution in [0.15, 0.2) is 29.2 Å². The van der Waals surface area contributed by atoms with E-state index in [0.717, 1.165) is 11.8 Å². The van der Waals surface area contributed by atoms with Crippen LogP contribution in [0.25, 0.3) is 0 Å². The minimum Gasteiger partial charge on any atom is -0.481 e. The summed E-state index contributed by atoms with van der Waals surface area (Å²) >= 11 is 1.04. The summed E-state index contributed by atoms with van der Waals surface area (Å²) in [4.78, 5) is 24.3. The summed E-state index contributed by atoms with van der Waals surface area (Å²) in [6.07, 6.45) is -0.0656. The SMILES string of the molecule is CN(C)C(=O)Sc1ccccc1CC(=O)O. The lowest BCUT2D eigenvalue weighted by Gasteiger charge is -2.11. The number of carbonyl (C=O) groups excluding carboxylic acids is 1. The van der Waals surface area contributed by atoms with Gasteiger partial charge in [0.25, 0.3) is 5.24 Å². The zero-order chi connectivity index (χ0) is 12.1. The molecule has 0 bridgehead atoms. The predicted molar refractivity (Wildman–Crippen MR) is 62.7 cm³/mol. The van der Waals surface area contributed by atoms with Crippen LogP contribution in [0.2, 0.25) is 0 Å². The van der Waals surface area contributed by atoms with Crippen molar-refractivity contribution in [2.75, 3.05) is 14.1 Å². The first-order valence-electron chi connectivity index (χ1n) is 4.69. The smallest absolute Gasteiger partial charge is 0.307 e. The van der Waals surface area contributed by atoms with Gasteiger partial charge in [-0.15, -0.1) is 0 Å². The van der Waals surface area contributed by atoms with Gasteiger partial charge < -0.3 is 10.0 Å². The molecule has 0 aromatic heterocycles. The number of rotatable bonds is 3. The molecule has 0 spiro atoms. The second-order valence-electron chi connectivity index (χ2n) is 3.44. The number of nitrogens with zero attached hydrogens (tertiary/aromatic N) is 1. The van der Waals surface area contributed by atoms with Gasteiger partial charge in [0, 0.05) is 19.0 Å². The van der Waals surface area contributed by atoms with Gasteiger partial charge in [-0.25, -0.2) is 0 Å². The third kappa shape index (κ3) is 3.58. The van der Waals surface area contributed by atoms with Crippen LogP contribution in [-0.2, 0) is 11.2 Å². The maximum absolute atomic E-state index is 11.5. The molecule has 0 heterocycles. The normalized spacial score (nSPS) is 9.88. The van der Waals surface area contributed by atoms with Crippen LogP contribution in [0, 0.1) is 0 Å². The van der Waals surface area contributed by atoms with Crippen molar-refractivity contribution in [1.82, 2.24) is 4.90 Å². The summed E-state index contributed by atoms with van der Waals surface area (Å²) < 4.78 is 0. The van der Waals surface area contributed by atoms with E-state index in [1.807, 2.05) is 0 Å². The molecule has 86 valence electrons. The fourth-order valence-corrected chi connectivity index (χ4v) is 1.89. The van der Waals surface area contributed by atoms with Crippen molar-refractivity contribution in [2.24, 2.45) is 0 Å². The maximum Gasteiger partial charge on any atom is 0.307 e. The number of carboxylic acid groups (broad SMARTS) is 1. The van der Waals surface area contributed by atoms with E-state index in [1.165, 1.54) is 4.90 Å². The predicted octanol–water partition coefficient (Wildman–Crippen LogP) is 2.09. The lowest BCUT2D eigenvalue weighted by atomic mass is 10.1. The fraction of sp³-hybridized carbons (Fsp3) is 0.273. The Morgan fingerprint density at radius 1 is 1.31 bits per heavy atom. The molecule has 1 aromatic carbocycles. The van der Waals surface area contributed by atoms with E-state index in [9.17, 15) is 9.59 Å². The monoisotopic (exact) mass is 239 g/mol. The Labute approximate surface area is 98.3 Å². The molecular formula is C11H13NO3S. The maximum atomic E-state index is 11.5. The van der Waals surface area contributed by atoms with Crippen LogP contribution in [0.5, 0.6) is 0 Å². The van der Waals surface area contributed by atoms with Crippen molar-refractivity contribution < 1.29 is 14.7 Å². The highest BCUT2D eigenvalue weighted by molar-refractivity contribution is 8.13. The first-order chi connectivity index (χ1) is 7.50. The Morgan fingerprint density at radius 2 is 1.94 bits per heavy atom. The number of hydrogen-bond donors (Lipinski definition) is 1. The molecule has 16 heavy (non-hydrogen) atoms. The second-order valence-corrected chi connectivity index (χ2v) is 4.43. The van der Waals surface area contributed by atoms with E-state index in [4.69, 9.17) is 5.11 Å². The fourth-order valence-electron chi connectivity index (χ4n) is 1.10. The van der Waals surface area contributed by atoms with Gasteiger partial charge in [-0.05, 0) is 23.4 Å². The van der Waals surface area contributed by atoms with Gasteiger partial charge in [-0.2, -0.15) is 0 Å². The highest BCUT2D eigenvalue weighted by atomic mass is 32.2. The highest BCUT2D eigenvalue weighted by Gasteiger charge is 2.11. The first kappa shape index (κ1) is 12.6. The molecule has 1 rings (SSSR count). The minimum atomic E-state index is -0.898. The van der Waals surface area contributed by atoms with Crippen LogP contribution in [-0.4, -0.2) is 35.3 Å². The standard InChI is InChI=1S/C11H13NO3S/c1-12(2)11(15)16-9-6-4-3-5-8(9)7-10(13)14/h3-6H,7H2,1-2H3,(H,13,14). The van der Waals surface area contributed by atoms with Crippen molar-refractivity contribution in [3.8, 4) is 0 Å². The molecule has 0 atom stereocenters. The van der Waals surface area contributed by atoms with Crippen molar-refractivity contribution in [2.45, 2.75) is 11.3 Å². The van der Waals surface area contributed by atoms with E-state index < -0.39 is 5.97 Å². The number of amides is 1. The topological polar surface area (TPSA) is 57.6 Å². The quantitative estimate of drug-likeness (QED) is 0.820. The zero-order valence-electron chi connectivity index (χ0n) is 9.14. The van der Waals surface area contributed by atoms with Crippen LogP contribution in [0.3, 0.4) is 0 Å². The largest absolute Gasteiger partial charge is 0.481 e. The molecule has 4 nitrogen and oxygen atoms in total. The summed E-state index contributed by atoms with van der Waals surface area (Å²) in [6, 6.07) is 7.03. The van der Waals surface area contributed by atoms with Crippen molar-refractivity contribution in [3.05, 3.63) is 29.8 Å². The van der Waals surface area contributed by atoms with Crippen molar-refractivity contribution in [3.63, 3.8) is 0 Å². The molecule has 0 aliphatic rings. The molecule has 0 aliphatic heterocycles. The van der Waals surface area contributed by atoms with Gasteiger partial charge in [0.2, 0.25) is 0 Å². The Hall–Kier alpha value is -1.49. The highest BCUT2D eigenvalue weighted by Crippen LogP contribution is 2.24. The molecule has 5 heteroatoms. The molecule has 0 unspecified atom stereocenters. The van der Waals surface area contributed by atoms with Gasteiger partial charge in [-0.3, -0.25) is 9.59 Å². The molecule has 1 amide bonds. The van der Waals surface area contributed by atoms with Gasteiger partial charge in [0.15, 0.2) is 0 Å². The lowest BCUT2D eigenvalue weighted by Crippen LogP contribution is -2.16. The second kappa shape index (κ2) is 5.55. The molecule has 1 N–H and O–H groups in total. The van der Waals surface area contributed by atoms with Gasteiger partial charge >= 0.3 is 5.97 Å². The molecule has 0 radical (unpaired) electrons. The molecule has 0 fully saturated rings. The van der Waals surface area contributed by atoms with Crippen molar-refractivity contribution in [1.29, 1.82) is 0 Å². The Bertz CT molecular complexity index is 404. The number of aliphatic carboxylic acids is 1. The van der Waals surface area contributed by atoms with Crippen molar-refractivity contribution >= 4 is 23.0 Å². The average Bonchev–Trinajstić information content (AvgIpc) is 2.20. The number of thioether (sulfide) groups is 1. The van der Waals surface area contributed by atoms with Crippen LogP contribution in [0.4, 0.5) is 4.79 Å². The Balaban J connectivity index is 2.86. The van der Waals surface area contributed by atoms with Gasteiger partial charge in [-0.1, -0.05) is 18.2 Å². The number of benzene rings is 1. The molecular weight excluding hydrogens is 226 g/mol. The van der Waals surface area contributed by atoms with Gasteiger partial charge in [0.1, 0.15) is 0 Å². The summed E-state index contributed by atoms with van der Waals surface area (Å²) in [7, 11) is 3.32. The summed E-state index contributed by atoms with van der Waals surface area (Å²) in [6.45, 7) is 0.